The van der Waals surface area contributed by atoms with E-state index in [0.29, 0.717) is 19.7 Å². The molecule has 0 spiro atoms. The first kappa shape index (κ1) is 16.9. The van der Waals surface area contributed by atoms with Crippen LogP contribution in [0.15, 0.2) is 48.7 Å². The number of aromatic nitrogens is 1. The average molecular weight is 345 g/mol. The third kappa shape index (κ3) is 4.13. The molecule has 1 aromatic carbocycles. The van der Waals surface area contributed by atoms with E-state index in [0.717, 1.165) is 22.7 Å². The van der Waals surface area contributed by atoms with Crippen LogP contribution < -0.4 is 0 Å². The number of amides is 1. The lowest BCUT2D eigenvalue weighted by Gasteiger charge is -2.22. The number of benzene rings is 1. The number of hydrogen-bond acceptors (Lipinski definition) is 3. The van der Waals surface area contributed by atoms with Gasteiger partial charge in [0.05, 0.1) is 18.8 Å². The summed E-state index contributed by atoms with van der Waals surface area (Å²) in [5, 5.41) is 0.718. The number of carbonyl (C=O) groups excluding carboxylic acids is 1. The molecular formula is C19H21ClN2O2. The fraction of sp³-hybridized carbons (Fsp3) is 0.368. The van der Waals surface area contributed by atoms with Crippen LogP contribution in [0.2, 0.25) is 5.02 Å². The molecule has 126 valence electrons. The topological polar surface area (TPSA) is 42.4 Å². The molecule has 2 aromatic rings. The van der Waals surface area contributed by atoms with Crippen LogP contribution in [0.25, 0.3) is 0 Å². The van der Waals surface area contributed by atoms with Gasteiger partial charge in [0, 0.05) is 30.8 Å². The Bertz CT molecular complexity index is 693. The lowest BCUT2D eigenvalue weighted by Crippen LogP contribution is -2.35. The predicted octanol–water partition coefficient (Wildman–Crippen LogP) is 3.51. The summed E-state index contributed by atoms with van der Waals surface area (Å²) in [4.78, 5) is 19.1. The Labute approximate surface area is 147 Å². The van der Waals surface area contributed by atoms with Gasteiger partial charge in [0.1, 0.15) is 0 Å². The molecule has 0 aliphatic heterocycles. The van der Waals surface area contributed by atoms with Crippen molar-refractivity contribution in [2.75, 3.05) is 20.3 Å². The van der Waals surface area contributed by atoms with Crippen LogP contribution in [0.3, 0.4) is 0 Å². The van der Waals surface area contributed by atoms with Gasteiger partial charge >= 0.3 is 0 Å². The maximum atomic E-state index is 12.9. The zero-order chi connectivity index (χ0) is 16.9. The Balaban J connectivity index is 1.68. The van der Waals surface area contributed by atoms with Gasteiger partial charge < -0.3 is 9.64 Å². The molecule has 2 atom stereocenters. The Morgan fingerprint density at radius 3 is 2.92 bits per heavy atom. The van der Waals surface area contributed by atoms with Crippen LogP contribution in [0, 0.1) is 5.92 Å². The van der Waals surface area contributed by atoms with Crippen molar-refractivity contribution in [3.8, 4) is 0 Å². The zero-order valence-electron chi connectivity index (χ0n) is 13.7. The van der Waals surface area contributed by atoms with Gasteiger partial charge in [-0.05, 0) is 42.2 Å². The largest absolute Gasteiger partial charge is 0.383 e. The first-order chi connectivity index (χ1) is 11.7. The molecule has 0 bridgehead atoms. The van der Waals surface area contributed by atoms with Gasteiger partial charge in [-0.2, -0.15) is 0 Å². The molecule has 1 aromatic heterocycles. The lowest BCUT2D eigenvalue weighted by atomic mass is 10.1. The molecule has 3 rings (SSSR count). The first-order valence-corrected chi connectivity index (χ1v) is 8.50. The summed E-state index contributed by atoms with van der Waals surface area (Å²) < 4.78 is 5.16. The van der Waals surface area contributed by atoms with Crippen molar-refractivity contribution in [2.24, 2.45) is 5.92 Å². The molecule has 1 fully saturated rings. The fourth-order valence-corrected chi connectivity index (χ4v) is 3.16. The minimum absolute atomic E-state index is 0.0315. The maximum absolute atomic E-state index is 12.9. The van der Waals surface area contributed by atoms with E-state index in [2.05, 4.69) is 4.98 Å². The molecular weight excluding hydrogens is 324 g/mol. The van der Waals surface area contributed by atoms with Gasteiger partial charge in [-0.15, -0.1) is 0 Å². The molecule has 0 saturated heterocycles. The summed E-state index contributed by atoms with van der Waals surface area (Å²) in [6, 6.07) is 13.5. The Hall–Kier alpha value is -1.91. The maximum Gasteiger partial charge on any atom is 0.226 e. The standard InChI is InChI=1S/C19H21ClN2O2/c1-24-10-9-22(13-16-7-2-3-8-21-16)19(23)18-12-17(18)14-5-4-6-15(20)11-14/h2-8,11,17-18H,9-10,12-13H2,1H3/t17-,18-/m1/s1. The molecule has 1 heterocycles. The van der Waals surface area contributed by atoms with Crippen LogP contribution in [0.4, 0.5) is 0 Å². The van der Waals surface area contributed by atoms with Crippen molar-refractivity contribution in [2.45, 2.75) is 18.9 Å². The first-order valence-electron chi connectivity index (χ1n) is 8.12. The average Bonchev–Trinajstić information content (AvgIpc) is 3.39. The molecule has 24 heavy (non-hydrogen) atoms. The van der Waals surface area contributed by atoms with E-state index in [1.165, 1.54) is 0 Å². The van der Waals surface area contributed by atoms with Gasteiger partial charge in [0.25, 0.3) is 0 Å². The van der Waals surface area contributed by atoms with Crippen LogP contribution >= 0.6 is 11.6 Å². The number of rotatable bonds is 7. The second-order valence-electron chi connectivity index (χ2n) is 6.08. The minimum atomic E-state index is 0.0315. The Morgan fingerprint density at radius 1 is 1.33 bits per heavy atom. The third-order valence-electron chi connectivity index (χ3n) is 4.34. The Morgan fingerprint density at radius 2 is 2.21 bits per heavy atom. The van der Waals surface area contributed by atoms with E-state index in [4.69, 9.17) is 16.3 Å². The molecule has 1 amide bonds. The highest BCUT2D eigenvalue weighted by Crippen LogP contribution is 2.48. The number of hydrogen-bond donors (Lipinski definition) is 0. The highest BCUT2D eigenvalue weighted by molar-refractivity contribution is 6.30. The van der Waals surface area contributed by atoms with Crippen molar-refractivity contribution in [3.05, 3.63) is 64.9 Å². The van der Waals surface area contributed by atoms with Gasteiger partial charge in [-0.1, -0.05) is 29.8 Å². The molecule has 0 unspecified atom stereocenters. The van der Waals surface area contributed by atoms with Crippen molar-refractivity contribution in [1.82, 2.24) is 9.88 Å². The summed E-state index contributed by atoms with van der Waals surface area (Å²) in [5.74, 6) is 0.469. The molecule has 1 aliphatic carbocycles. The van der Waals surface area contributed by atoms with Crippen molar-refractivity contribution in [1.29, 1.82) is 0 Å². The zero-order valence-corrected chi connectivity index (χ0v) is 14.4. The molecule has 5 heteroatoms. The van der Waals surface area contributed by atoms with Crippen LogP contribution in [-0.4, -0.2) is 36.1 Å². The second-order valence-corrected chi connectivity index (χ2v) is 6.51. The van der Waals surface area contributed by atoms with Crippen molar-refractivity contribution in [3.63, 3.8) is 0 Å². The van der Waals surface area contributed by atoms with E-state index < -0.39 is 0 Å². The summed E-state index contributed by atoms with van der Waals surface area (Å²) in [5.41, 5.74) is 2.03. The Kier molecular flexibility index (Phi) is 5.48. The van der Waals surface area contributed by atoms with Gasteiger partial charge in [-0.3, -0.25) is 9.78 Å². The predicted molar refractivity (Wildman–Crippen MR) is 93.8 cm³/mol. The van der Waals surface area contributed by atoms with Crippen LogP contribution in [0.1, 0.15) is 23.6 Å². The molecule has 0 N–H and O–H groups in total. The van der Waals surface area contributed by atoms with E-state index in [1.807, 2.05) is 47.4 Å². The summed E-state index contributed by atoms with van der Waals surface area (Å²) >= 11 is 6.06. The van der Waals surface area contributed by atoms with Crippen molar-refractivity contribution >= 4 is 17.5 Å². The highest BCUT2D eigenvalue weighted by Gasteiger charge is 2.45. The summed E-state index contributed by atoms with van der Waals surface area (Å²) in [7, 11) is 1.65. The number of nitrogens with zero attached hydrogens (tertiary/aromatic N) is 2. The van der Waals surface area contributed by atoms with Gasteiger partial charge in [0.15, 0.2) is 0 Å². The number of pyridine rings is 1. The molecule has 1 saturated carbocycles. The highest BCUT2D eigenvalue weighted by atomic mass is 35.5. The quantitative estimate of drug-likeness (QED) is 0.771. The van der Waals surface area contributed by atoms with Gasteiger partial charge in [-0.25, -0.2) is 0 Å². The number of halogens is 1. The minimum Gasteiger partial charge on any atom is -0.383 e. The number of carbonyl (C=O) groups is 1. The van der Waals surface area contributed by atoms with E-state index in [1.54, 1.807) is 13.3 Å². The SMILES string of the molecule is COCCN(Cc1ccccn1)C(=O)[C@@H]1C[C@@H]1c1cccc(Cl)c1. The number of methoxy groups -OCH3 is 1. The summed E-state index contributed by atoms with van der Waals surface area (Å²) in [6.45, 7) is 1.61. The smallest absolute Gasteiger partial charge is 0.226 e. The van der Waals surface area contributed by atoms with Crippen LogP contribution in [-0.2, 0) is 16.1 Å². The number of ether oxygens (including phenoxy) is 1. The normalized spacial score (nSPS) is 19.1. The van der Waals surface area contributed by atoms with Crippen molar-refractivity contribution < 1.29 is 9.53 Å². The van der Waals surface area contributed by atoms with E-state index >= 15 is 0 Å². The monoisotopic (exact) mass is 344 g/mol. The van der Waals surface area contributed by atoms with Crippen LogP contribution in [0.5, 0.6) is 0 Å². The van der Waals surface area contributed by atoms with Gasteiger partial charge in [0.2, 0.25) is 5.91 Å². The lowest BCUT2D eigenvalue weighted by molar-refractivity contribution is -0.134. The molecule has 4 nitrogen and oxygen atoms in total. The summed E-state index contributed by atoms with van der Waals surface area (Å²) in [6.07, 6.45) is 2.63. The van der Waals surface area contributed by atoms with E-state index in [9.17, 15) is 4.79 Å². The molecule has 0 radical (unpaired) electrons. The molecule has 1 aliphatic rings. The fourth-order valence-electron chi connectivity index (χ4n) is 2.96. The third-order valence-corrected chi connectivity index (χ3v) is 4.58. The second kappa shape index (κ2) is 7.77. The van der Waals surface area contributed by atoms with E-state index in [-0.39, 0.29) is 17.7 Å².